The maximum atomic E-state index is 14.1. The number of carbonyl (C=O) groups is 5. The molecule has 3 aliphatic rings. The van der Waals surface area contributed by atoms with E-state index in [9.17, 15) is 29.1 Å². The summed E-state index contributed by atoms with van der Waals surface area (Å²) in [5.41, 5.74) is 4.16. The van der Waals surface area contributed by atoms with Crippen LogP contribution in [0.2, 0.25) is 5.02 Å². The van der Waals surface area contributed by atoms with Crippen LogP contribution in [0.25, 0.3) is 0 Å². The minimum Gasteiger partial charge on any atom is -0.495 e. The third kappa shape index (κ3) is 9.88. The van der Waals surface area contributed by atoms with Crippen LogP contribution >= 0.6 is 23.4 Å². The summed E-state index contributed by atoms with van der Waals surface area (Å²) >= 11 is 7.95. The molecule has 0 aliphatic carbocycles. The first-order chi connectivity index (χ1) is 25.3. The number of nitrogens with one attached hydrogen (secondary N) is 1. The van der Waals surface area contributed by atoms with E-state index in [0.717, 1.165) is 11.1 Å². The molecule has 1 aromatic carbocycles. The van der Waals surface area contributed by atoms with Crippen LogP contribution in [-0.4, -0.2) is 121 Å². The number of anilines is 1. The largest absolute Gasteiger partial charge is 0.495 e. The van der Waals surface area contributed by atoms with Crippen LogP contribution in [0.5, 0.6) is 5.75 Å². The number of hydrogen-bond donors (Lipinski definition) is 3. The lowest BCUT2D eigenvalue weighted by Crippen LogP contribution is -2.63. The summed E-state index contributed by atoms with van der Waals surface area (Å²) in [6, 6.07) is 2.50. The highest BCUT2D eigenvalue weighted by molar-refractivity contribution is 7.99. The first-order valence-electron chi connectivity index (χ1n) is 17.6. The number of fused-ring (bicyclic) bond motifs is 5. The van der Waals surface area contributed by atoms with Gasteiger partial charge in [0.25, 0.3) is 0 Å². The number of alkyl carbamates (subject to hydrolysis) is 1. The molecule has 0 saturated carbocycles. The Morgan fingerprint density at radius 1 is 1.26 bits per heavy atom. The van der Waals surface area contributed by atoms with Gasteiger partial charge in [-0.25, -0.2) is 9.59 Å². The summed E-state index contributed by atoms with van der Waals surface area (Å²) in [5.74, 6) is -1.90. The molecule has 4 rings (SSSR count). The van der Waals surface area contributed by atoms with Gasteiger partial charge < -0.3 is 44.3 Å². The molecule has 54 heavy (non-hydrogen) atoms. The summed E-state index contributed by atoms with van der Waals surface area (Å²) < 4.78 is 29.1. The summed E-state index contributed by atoms with van der Waals surface area (Å²) in [4.78, 5) is 67.3. The van der Waals surface area contributed by atoms with Crippen molar-refractivity contribution in [3.63, 3.8) is 0 Å². The van der Waals surface area contributed by atoms with E-state index < -0.39 is 71.6 Å². The summed E-state index contributed by atoms with van der Waals surface area (Å²) in [6.07, 6.45) is 0.765. The second kappa shape index (κ2) is 17.8. The Kier molecular flexibility index (Phi) is 14.1. The van der Waals surface area contributed by atoms with Crippen LogP contribution < -0.4 is 20.7 Å². The van der Waals surface area contributed by atoms with Crippen LogP contribution in [0.15, 0.2) is 35.9 Å². The minimum atomic E-state index is -1.84. The van der Waals surface area contributed by atoms with Crippen LogP contribution in [0.3, 0.4) is 0 Å². The molecule has 2 saturated heterocycles. The van der Waals surface area contributed by atoms with Crippen molar-refractivity contribution in [2.45, 2.75) is 95.2 Å². The van der Waals surface area contributed by atoms with Crippen molar-refractivity contribution < 1.29 is 52.8 Å². The zero-order valence-corrected chi connectivity index (χ0v) is 33.5. The van der Waals surface area contributed by atoms with Gasteiger partial charge in [-0.15, -0.1) is 0 Å². The fraction of sp³-hybridized carbons (Fsp3) is 0.595. The molecule has 2 fully saturated rings. The summed E-state index contributed by atoms with van der Waals surface area (Å²) in [6.45, 7) is 6.89. The number of ether oxygens (including phenoxy) is 5. The molecule has 4 N–H and O–H groups in total. The van der Waals surface area contributed by atoms with E-state index in [2.05, 4.69) is 5.32 Å². The maximum absolute atomic E-state index is 14.1. The van der Waals surface area contributed by atoms with Crippen molar-refractivity contribution in [2.75, 3.05) is 44.7 Å². The number of amides is 4. The minimum absolute atomic E-state index is 0.0544. The predicted molar refractivity (Wildman–Crippen MR) is 202 cm³/mol. The monoisotopic (exact) mass is 794 g/mol. The second-order valence-corrected chi connectivity index (χ2v) is 15.7. The Labute approximate surface area is 324 Å². The molecule has 3 aliphatic heterocycles. The highest BCUT2D eigenvalue weighted by atomic mass is 35.5. The van der Waals surface area contributed by atoms with E-state index >= 15 is 0 Å². The lowest BCUT2D eigenvalue weighted by molar-refractivity contribution is -0.162. The Morgan fingerprint density at radius 3 is 2.61 bits per heavy atom. The molecular weight excluding hydrogens is 744 g/mol. The number of rotatable bonds is 10. The Balaban J connectivity index is 1.71. The number of halogens is 1. The number of carbonyl (C=O) groups excluding carboxylic acids is 5. The second-order valence-electron chi connectivity index (χ2n) is 14.2. The number of thioether (sulfide) groups is 1. The zero-order chi connectivity index (χ0) is 40.1. The topological polar surface area (TPSA) is 200 Å². The highest BCUT2D eigenvalue weighted by Gasteiger charge is 2.64. The van der Waals surface area contributed by atoms with Crippen LogP contribution in [0.4, 0.5) is 10.5 Å². The number of nitrogens with two attached hydrogens (primary N) is 1. The molecule has 1 unspecified atom stereocenters. The van der Waals surface area contributed by atoms with Crippen molar-refractivity contribution in [3.05, 3.63) is 46.5 Å². The van der Waals surface area contributed by atoms with E-state index in [-0.39, 0.29) is 35.9 Å². The lowest BCUT2D eigenvalue weighted by atomic mass is 9.83. The molecular formula is C37H51ClN4O11S. The van der Waals surface area contributed by atoms with Gasteiger partial charge >= 0.3 is 12.1 Å². The van der Waals surface area contributed by atoms with Crippen LogP contribution in [-0.2, 0) is 44.5 Å². The first-order valence-corrected chi connectivity index (χ1v) is 19.1. The fourth-order valence-corrected chi connectivity index (χ4v) is 7.70. The average molecular weight is 795 g/mol. The van der Waals surface area contributed by atoms with E-state index in [1.807, 2.05) is 13.0 Å². The number of nitrogens with zero attached hydrogens (tertiary/aromatic N) is 2. The number of epoxide rings is 1. The van der Waals surface area contributed by atoms with Gasteiger partial charge in [-0.05, 0) is 44.9 Å². The van der Waals surface area contributed by atoms with Crippen molar-refractivity contribution in [2.24, 2.45) is 11.7 Å². The number of esters is 1. The van der Waals surface area contributed by atoms with Gasteiger partial charge in [0.2, 0.25) is 17.7 Å². The molecule has 0 spiro atoms. The number of hydrogen-bond acceptors (Lipinski definition) is 12. The highest BCUT2D eigenvalue weighted by Crippen LogP contribution is 2.49. The lowest BCUT2D eigenvalue weighted by Gasteiger charge is -2.42. The standard InChI is InChI=1S/C37H51ClN4O11S/c1-20-10-9-11-27(50-8)37(48)18-26(51-35(47)40-37)21(2)33-36(4,53-33)28(52-34(46)22(3)41(5)30(44)12-13-54-19-29(39)43)17-31(45)42(6)24-15-23(14-20)16-25(49-7)32(24)38/h9-11,15-16,21-22,26-28,33,48H,12-14,17-19H2,1-8H3,(H2,39,43)(H,40,47)/b11-9+,20-10+/t21-,22+,26?,27-,28+,33+,36+,37+/m1/s1. The van der Waals surface area contributed by atoms with E-state index in [0.29, 0.717) is 23.6 Å². The van der Waals surface area contributed by atoms with Crippen molar-refractivity contribution in [1.29, 1.82) is 0 Å². The molecule has 4 amide bonds. The van der Waals surface area contributed by atoms with Crippen LogP contribution in [0, 0.1) is 5.92 Å². The van der Waals surface area contributed by atoms with Gasteiger partial charge in [-0.3, -0.25) is 19.7 Å². The Hall–Kier alpha value is -3.83. The fourth-order valence-electron chi connectivity index (χ4n) is 6.73. The number of benzene rings is 1. The van der Waals surface area contributed by atoms with Crippen molar-refractivity contribution >= 4 is 58.8 Å². The molecule has 0 radical (unpaired) electrons. The number of methoxy groups -OCH3 is 2. The van der Waals surface area contributed by atoms with Gasteiger partial charge in [0.15, 0.2) is 5.72 Å². The normalized spacial score (nSPS) is 30.7. The molecule has 15 nitrogen and oxygen atoms in total. The van der Waals surface area contributed by atoms with Crippen molar-refractivity contribution in [1.82, 2.24) is 10.2 Å². The van der Waals surface area contributed by atoms with Gasteiger partial charge in [0.05, 0.1) is 31.1 Å². The van der Waals surface area contributed by atoms with E-state index in [4.69, 9.17) is 41.0 Å². The molecule has 3 heterocycles. The number of aliphatic hydroxyl groups is 1. The van der Waals surface area contributed by atoms with Gasteiger partial charge in [0, 0.05) is 45.7 Å². The number of allylic oxidation sites excluding steroid dienone is 3. The van der Waals surface area contributed by atoms with Gasteiger partial charge in [-0.2, -0.15) is 11.8 Å². The molecule has 298 valence electrons. The third-order valence-electron chi connectivity index (χ3n) is 10.2. The maximum Gasteiger partial charge on any atom is 0.409 e. The summed E-state index contributed by atoms with van der Waals surface area (Å²) in [5, 5.41) is 14.4. The quantitative estimate of drug-likeness (QED) is 0.178. The van der Waals surface area contributed by atoms with Crippen molar-refractivity contribution in [3.8, 4) is 5.75 Å². The molecule has 17 heteroatoms. The SMILES string of the molecule is COc1cc2cc(c1Cl)N(C)C(=O)C[C@H](OC(=O)[C@H](C)N(C)C(=O)CCSCC(N)=O)[C@]1(C)O[C@H]1[C@H](C)C1C[C@@](O)(NC(=O)O1)[C@H](OC)/C=C/C=C(\C)C2. The predicted octanol–water partition coefficient (Wildman–Crippen LogP) is 3.12. The van der Waals surface area contributed by atoms with Crippen LogP contribution in [0.1, 0.15) is 52.5 Å². The zero-order valence-electron chi connectivity index (χ0n) is 31.9. The van der Waals surface area contributed by atoms with E-state index in [1.165, 1.54) is 49.8 Å². The average Bonchev–Trinajstić information content (AvgIpc) is 3.81. The Morgan fingerprint density at radius 2 is 1.96 bits per heavy atom. The number of primary amides is 1. The first kappa shape index (κ1) is 42.9. The molecule has 4 bridgehead atoms. The molecule has 0 aromatic heterocycles. The summed E-state index contributed by atoms with van der Waals surface area (Å²) in [7, 11) is 5.92. The molecule has 1 aromatic rings. The Bertz CT molecular complexity index is 1680. The smallest absolute Gasteiger partial charge is 0.409 e. The van der Waals surface area contributed by atoms with E-state index in [1.54, 1.807) is 45.2 Å². The van der Waals surface area contributed by atoms with Gasteiger partial charge in [0.1, 0.15) is 40.7 Å². The van der Waals surface area contributed by atoms with Gasteiger partial charge in [-0.1, -0.05) is 42.3 Å². The molecule has 8 atom stereocenters. The third-order valence-corrected chi connectivity index (χ3v) is 11.6. The number of likely N-dealkylation sites (N-methyl/N-ethyl adjacent to an activating group) is 1.